The Labute approximate surface area is 171 Å². The lowest BCUT2D eigenvalue weighted by Gasteiger charge is -2.34. The van der Waals surface area contributed by atoms with Crippen molar-refractivity contribution in [1.82, 2.24) is 19.2 Å². The first-order chi connectivity index (χ1) is 13.5. The van der Waals surface area contributed by atoms with Gasteiger partial charge in [0.25, 0.3) is 11.5 Å². The highest BCUT2D eigenvalue weighted by molar-refractivity contribution is 6.30. The van der Waals surface area contributed by atoms with E-state index >= 15 is 0 Å². The van der Waals surface area contributed by atoms with E-state index in [4.69, 9.17) is 23.2 Å². The van der Waals surface area contributed by atoms with Crippen molar-refractivity contribution < 1.29 is 4.79 Å². The van der Waals surface area contributed by atoms with Crippen molar-refractivity contribution >= 4 is 34.8 Å². The van der Waals surface area contributed by atoms with Crippen LogP contribution < -0.4 is 5.56 Å². The zero-order valence-corrected chi connectivity index (χ0v) is 16.5. The summed E-state index contributed by atoms with van der Waals surface area (Å²) < 4.78 is 1.44. The Hall–Kier alpha value is -2.41. The molecule has 4 rings (SSSR count). The molecule has 144 valence electrons. The molecule has 28 heavy (non-hydrogen) atoms. The lowest BCUT2D eigenvalue weighted by atomic mass is 10.2. The molecule has 0 N–H and O–H groups in total. The molecule has 3 heterocycles. The van der Waals surface area contributed by atoms with Crippen molar-refractivity contribution in [1.29, 1.82) is 0 Å². The van der Waals surface area contributed by atoms with Crippen LogP contribution in [0.15, 0.2) is 53.5 Å². The van der Waals surface area contributed by atoms with E-state index in [1.807, 2.05) is 4.90 Å². The lowest BCUT2D eigenvalue weighted by molar-refractivity contribution is 0.0627. The van der Waals surface area contributed by atoms with Crippen LogP contribution in [0.2, 0.25) is 10.0 Å². The molecule has 0 atom stereocenters. The first-order valence-electron chi connectivity index (χ1n) is 8.95. The monoisotopic (exact) mass is 416 g/mol. The summed E-state index contributed by atoms with van der Waals surface area (Å²) in [5, 5.41) is 1.10. The van der Waals surface area contributed by atoms with Gasteiger partial charge in [-0.2, -0.15) is 0 Å². The summed E-state index contributed by atoms with van der Waals surface area (Å²) in [7, 11) is 0. The smallest absolute Gasteiger partial charge is 0.258 e. The van der Waals surface area contributed by atoms with Crippen molar-refractivity contribution in [3.63, 3.8) is 0 Å². The molecule has 1 aromatic carbocycles. The third-order valence-corrected chi connectivity index (χ3v) is 5.29. The van der Waals surface area contributed by atoms with E-state index in [-0.39, 0.29) is 11.5 Å². The molecule has 3 aromatic rings. The minimum absolute atomic E-state index is 0.00951. The van der Waals surface area contributed by atoms with Crippen molar-refractivity contribution in [2.45, 2.75) is 6.54 Å². The third-order valence-electron chi connectivity index (χ3n) is 4.81. The second-order valence-electron chi connectivity index (χ2n) is 6.74. The van der Waals surface area contributed by atoms with Gasteiger partial charge >= 0.3 is 0 Å². The maximum absolute atomic E-state index is 12.6. The average molecular weight is 417 g/mol. The van der Waals surface area contributed by atoms with Crippen molar-refractivity contribution in [2.75, 3.05) is 26.2 Å². The number of halogens is 2. The summed E-state index contributed by atoms with van der Waals surface area (Å²) in [4.78, 5) is 33.5. The highest BCUT2D eigenvalue weighted by Crippen LogP contribution is 2.14. The molecule has 0 spiro atoms. The van der Waals surface area contributed by atoms with Crippen LogP contribution in [0.1, 0.15) is 16.1 Å². The van der Waals surface area contributed by atoms with Crippen molar-refractivity contribution in [2.24, 2.45) is 0 Å². The van der Waals surface area contributed by atoms with Crippen LogP contribution in [0, 0.1) is 0 Å². The molecule has 1 aliphatic heterocycles. The normalized spacial score (nSPS) is 15.1. The van der Waals surface area contributed by atoms with E-state index in [1.165, 1.54) is 10.5 Å². The van der Waals surface area contributed by atoms with E-state index in [9.17, 15) is 9.59 Å². The Kier molecular flexibility index (Phi) is 5.35. The molecule has 0 unspecified atom stereocenters. The maximum atomic E-state index is 12.6. The van der Waals surface area contributed by atoms with Crippen LogP contribution in [0.5, 0.6) is 0 Å². The van der Waals surface area contributed by atoms with E-state index in [0.29, 0.717) is 46.6 Å². The molecule has 1 fully saturated rings. The van der Waals surface area contributed by atoms with Gasteiger partial charge < -0.3 is 4.90 Å². The Morgan fingerprint density at radius 2 is 1.64 bits per heavy atom. The fourth-order valence-electron chi connectivity index (χ4n) is 3.32. The number of hydrogen-bond donors (Lipinski definition) is 0. The summed E-state index contributed by atoms with van der Waals surface area (Å²) in [5.74, 6) is 0.00951. The van der Waals surface area contributed by atoms with Crippen LogP contribution in [0.4, 0.5) is 0 Å². The van der Waals surface area contributed by atoms with Crippen molar-refractivity contribution in [3.05, 3.63) is 80.3 Å². The molecule has 2 aromatic heterocycles. The Morgan fingerprint density at radius 3 is 2.36 bits per heavy atom. The van der Waals surface area contributed by atoms with Gasteiger partial charge in [0.1, 0.15) is 5.65 Å². The SMILES string of the molecule is O=C(c1ccc(Cl)cc1)N1CCN(Cc2cc(=O)n3cc(Cl)ccc3n2)CC1. The number of rotatable bonds is 3. The number of hydrogen-bond acceptors (Lipinski definition) is 4. The second kappa shape index (κ2) is 7.91. The number of aromatic nitrogens is 2. The Morgan fingerprint density at radius 1 is 0.964 bits per heavy atom. The number of carbonyl (C=O) groups is 1. The summed E-state index contributed by atoms with van der Waals surface area (Å²) in [6.45, 7) is 3.27. The van der Waals surface area contributed by atoms with Crippen LogP contribution in [0.25, 0.3) is 5.65 Å². The molecule has 1 amide bonds. The highest BCUT2D eigenvalue weighted by Gasteiger charge is 2.22. The maximum Gasteiger partial charge on any atom is 0.258 e. The molecule has 8 heteroatoms. The quantitative estimate of drug-likeness (QED) is 0.658. The van der Waals surface area contributed by atoms with Gasteiger partial charge in [0.2, 0.25) is 0 Å². The number of benzene rings is 1. The number of fused-ring (bicyclic) bond motifs is 1. The summed E-state index contributed by atoms with van der Waals surface area (Å²) in [6.07, 6.45) is 1.57. The first-order valence-corrected chi connectivity index (χ1v) is 9.70. The van der Waals surface area contributed by atoms with Crippen LogP contribution in [-0.2, 0) is 6.54 Å². The average Bonchev–Trinajstić information content (AvgIpc) is 2.69. The fraction of sp³-hybridized carbons (Fsp3) is 0.250. The van der Waals surface area contributed by atoms with Crippen molar-refractivity contribution in [3.8, 4) is 0 Å². The van der Waals surface area contributed by atoms with Gasteiger partial charge in [-0.05, 0) is 36.4 Å². The molecule has 1 saturated heterocycles. The molecule has 6 nitrogen and oxygen atoms in total. The minimum Gasteiger partial charge on any atom is -0.336 e. The summed E-state index contributed by atoms with van der Waals surface area (Å²) >= 11 is 11.8. The third kappa shape index (κ3) is 4.04. The number of nitrogens with zero attached hydrogens (tertiary/aromatic N) is 4. The van der Waals surface area contributed by atoms with Crippen LogP contribution >= 0.6 is 23.2 Å². The van der Waals surface area contributed by atoms with Gasteiger partial charge in [-0.3, -0.25) is 18.9 Å². The first kappa shape index (κ1) is 18.9. The zero-order chi connectivity index (χ0) is 19.7. The molecule has 0 radical (unpaired) electrons. The predicted octanol–water partition coefficient (Wildman–Crippen LogP) is 2.96. The highest BCUT2D eigenvalue weighted by atomic mass is 35.5. The standard InChI is InChI=1S/C20H18Cl2N4O2/c21-15-3-1-14(2-4-15)20(28)25-9-7-24(8-10-25)13-17-11-19(27)26-12-16(22)5-6-18(26)23-17/h1-6,11-12H,7-10,13H2. The second-order valence-corrected chi connectivity index (χ2v) is 7.61. The topological polar surface area (TPSA) is 57.9 Å². The largest absolute Gasteiger partial charge is 0.336 e. The molecule has 0 bridgehead atoms. The zero-order valence-electron chi connectivity index (χ0n) is 15.0. The van der Waals surface area contributed by atoms with Crippen LogP contribution in [-0.4, -0.2) is 51.3 Å². The molecule has 0 aliphatic carbocycles. The van der Waals surface area contributed by atoms with Gasteiger partial charge in [-0.1, -0.05) is 23.2 Å². The Balaban J connectivity index is 1.41. The fourth-order valence-corrected chi connectivity index (χ4v) is 3.61. The van der Waals surface area contributed by atoms with E-state index < -0.39 is 0 Å². The molecule has 1 aliphatic rings. The number of carbonyl (C=O) groups excluding carboxylic acids is 1. The van der Waals surface area contributed by atoms with Gasteiger partial charge in [-0.25, -0.2) is 4.98 Å². The van der Waals surface area contributed by atoms with Gasteiger partial charge in [0, 0.05) is 55.6 Å². The summed E-state index contributed by atoms with van der Waals surface area (Å²) in [6, 6.07) is 11.9. The van der Waals surface area contributed by atoms with E-state index in [2.05, 4.69) is 9.88 Å². The van der Waals surface area contributed by atoms with Gasteiger partial charge in [0.05, 0.1) is 10.7 Å². The van der Waals surface area contributed by atoms with Gasteiger partial charge in [0.15, 0.2) is 0 Å². The molecular weight excluding hydrogens is 399 g/mol. The number of piperazine rings is 1. The lowest BCUT2D eigenvalue weighted by Crippen LogP contribution is -2.48. The number of pyridine rings is 1. The predicted molar refractivity (Wildman–Crippen MR) is 109 cm³/mol. The minimum atomic E-state index is -0.154. The number of amides is 1. The molecular formula is C20H18Cl2N4O2. The van der Waals surface area contributed by atoms with E-state index in [0.717, 1.165) is 13.1 Å². The molecule has 0 saturated carbocycles. The van der Waals surface area contributed by atoms with E-state index in [1.54, 1.807) is 42.6 Å². The van der Waals surface area contributed by atoms with Crippen LogP contribution in [0.3, 0.4) is 0 Å². The Bertz CT molecular complexity index is 1070. The summed E-state index contributed by atoms with van der Waals surface area (Å²) in [5.41, 5.74) is 1.77. The van der Waals surface area contributed by atoms with Gasteiger partial charge in [-0.15, -0.1) is 0 Å².